The molecule has 0 saturated heterocycles. The Kier molecular flexibility index (Phi) is 5.54. The molecule has 3 rings (SSSR count). The number of nitrogens with zero attached hydrogens (tertiary/aromatic N) is 2. The van der Waals surface area contributed by atoms with Crippen molar-refractivity contribution in [2.75, 3.05) is 5.73 Å². The van der Waals surface area contributed by atoms with Gasteiger partial charge in [0.2, 0.25) is 0 Å². The summed E-state index contributed by atoms with van der Waals surface area (Å²) in [6.45, 7) is 0.157. The lowest BCUT2D eigenvalue weighted by atomic mass is 9.95. The van der Waals surface area contributed by atoms with Gasteiger partial charge >= 0.3 is 0 Å². The fraction of sp³-hybridized carbons (Fsp3) is 0.350. The predicted octanol–water partition coefficient (Wildman–Crippen LogP) is 3.36. The SMILES string of the molecule is N#Cc1c(N)[nH]c(=O)c(C#N)c1-c1ccc(COC2CCCCC2)c(F)c1. The number of aromatic amines is 1. The summed E-state index contributed by atoms with van der Waals surface area (Å²) in [5.74, 6) is -0.670. The van der Waals surface area contributed by atoms with Gasteiger partial charge in [0.25, 0.3) is 5.56 Å². The number of benzene rings is 1. The Hall–Kier alpha value is -3.16. The van der Waals surface area contributed by atoms with Crippen LogP contribution in [0.1, 0.15) is 48.8 Å². The summed E-state index contributed by atoms with van der Waals surface area (Å²) in [5, 5.41) is 18.6. The number of anilines is 1. The maximum Gasteiger partial charge on any atom is 0.268 e. The fourth-order valence-electron chi connectivity index (χ4n) is 3.39. The highest BCUT2D eigenvalue weighted by Gasteiger charge is 2.20. The zero-order chi connectivity index (χ0) is 19.4. The van der Waals surface area contributed by atoms with Crippen LogP contribution in [0.25, 0.3) is 11.1 Å². The van der Waals surface area contributed by atoms with E-state index in [1.807, 2.05) is 6.07 Å². The van der Waals surface area contributed by atoms with E-state index in [9.17, 15) is 19.7 Å². The number of nitriles is 2. The molecule has 3 N–H and O–H groups in total. The second-order valence-corrected chi connectivity index (χ2v) is 6.59. The first-order chi connectivity index (χ1) is 13.0. The Balaban J connectivity index is 1.93. The molecular weight excluding hydrogens is 347 g/mol. The number of nitrogens with two attached hydrogens (primary N) is 1. The molecule has 1 saturated carbocycles. The number of pyridine rings is 1. The molecule has 1 aromatic heterocycles. The number of aromatic nitrogens is 1. The molecule has 0 unspecified atom stereocenters. The van der Waals surface area contributed by atoms with Crippen LogP contribution in [0.2, 0.25) is 0 Å². The van der Waals surface area contributed by atoms with Gasteiger partial charge in [-0.1, -0.05) is 31.4 Å². The minimum atomic E-state index is -0.714. The number of ether oxygens (including phenoxy) is 1. The van der Waals surface area contributed by atoms with E-state index in [2.05, 4.69) is 4.98 Å². The van der Waals surface area contributed by atoms with Crippen LogP contribution in [0.3, 0.4) is 0 Å². The van der Waals surface area contributed by atoms with Crippen molar-refractivity contribution in [2.24, 2.45) is 0 Å². The van der Waals surface area contributed by atoms with E-state index in [1.54, 1.807) is 18.2 Å². The molecule has 0 bridgehead atoms. The minimum Gasteiger partial charge on any atom is -0.384 e. The first-order valence-corrected chi connectivity index (χ1v) is 8.81. The summed E-state index contributed by atoms with van der Waals surface area (Å²) < 4.78 is 20.4. The van der Waals surface area contributed by atoms with E-state index >= 15 is 0 Å². The molecular formula is C20H19FN4O2. The van der Waals surface area contributed by atoms with Crippen LogP contribution < -0.4 is 11.3 Å². The number of hydrogen-bond acceptors (Lipinski definition) is 5. The Morgan fingerprint density at radius 1 is 1.19 bits per heavy atom. The molecule has 27 heavy (non-hydrogen) atoms. The van der Waals surface area contributed by atoms with Crippen molar-refractivity contribution in [3.63, 3.8) is 0 Å². The normalized spacial score (nSPS) is 14.5. The molecule has 0 atom stereocenters. The van der Waals surface area contributed by atoms with Crippen molar-refractivity contribution >= 4 is 5.82 Å². The van der Waals surface area contributed by atoms with E-state index in [1.165, 1.54) is 12.5 Å². The third kappa shape index (κ3) is 3.84. The standard InChI is InChI=1S/C20H19FN4O2/c21-17-8-12(6-7-13(17)11-27-14-4-2-1-3-5-14)18-15(9-22)19(24)25-20(26)16(18)10-23/h6-8,14H,1-5,11H2,(H3,24,25,26). The molecule has 1 aliphatic carbocycles. The molecule has 1 aromatic carbocycles. The topological polar surface area (TPSA) is 116 Å². The van der Waals surface area contributed by atoms with E-state index < -0.39 is 11.4 Å². The highest BCUT2D eigenvalue weighted by Crippen LogP contribution is 2.30. The summed E-state index contributed by atoms with van der Waals surface area (Å²) in [6.07, 6.45) is 5.60. The lowest BCUT2D eigenvalue weighted by Crippen LogP contribution is -2.17. The molecule has 0 amide bonds. The van der Waals surface area contributed by atoms with Gasteiger partial charge in [0.15, 0.2) is 0 Å². The second-order valence-electron chi connectivity index (χ2n) is 6.59. The first kappa shape index (κ1) is 18.6. The second kappa shape index (κ2) is 8.03. The predicted molar refractivity (Wildman–Crippen MR) is 98.0 cm³/mol. The van der Waals surface area contributed by atoms with Crippen LogP contribution in [0.5, 0.6) is 0 Å². The minimum absolute atomic E-state index is 0.0416. The summed E-state index contributed by atoms with van der Waals surface area (Å²) in [5.41, 5.74) is 5.33. The molecule has 7 heteroatoms. The number of H-pyrrole nitrogens is 1. The molecule has 1 fully saturated rings. The third-order valence-corrected chi connectivity index (χ3v) is 4.84. The highest BCUT2D eigenvalue weighted by molar-refractivity contribution is 5.80. The number of nitrogens with one attached hydrogen (secondary N) is 1. The van der Waals surface area contributed by atoms with Gasteiger partial charge in [-0.05, 0) is 24.5 Å². The molecule has 0 spiro atoms. The maximum absolute atomic E-state index is 14.6. The molecule has 0 aliphatic heterocycles. The molecule has 1 aliphatic rings. The van der Waals surface area contributed by atoms with Crippen molar-refractivity contribution in [3.8, 4) is 23.3 Å². The van der Waals surface area contributed by atoms with E-state index in [0.717, 1.165) is 25.7 Å². The molecule has 138 valence electrons. The summed E-state index contributed by atoms with van der Waals surface area (Å²) >= 11 is 0. The number of halogens is 1. The zero-order valence-electron chi connectivity index (χ0n) is 14.7. The molecule has 6 nitrogen and oxygen atoms in total. The largest absolute Gasteiger partial charge is 0.384 e. The Morgan fingerprint density at radius 3 is 2.52 bits per heavy atom. The van der Waals surface area contributed by atoms with Crippen molar-refractivity contribution in [1.82, 2.24) is 4.98 Å². The third-order valence-electron chi connectivity index (χ3n) is 4.84. The maximum atomic E-state index is 14.6. The number of hydrogen-bond donors (Lipinski definition) is 2. The average Bonchev–Trinajstić information content (AvgIpc) is 2.67. The van der Waals surface area contributed by atoms with Crippen LogP contribution in [0, 0.1) is 28.5 Å². The fourth-order valence-corrected chi connectivity index (χ4v) is 3.39. The van der Waals surface area contributed by atoms with Crippen molar-refractivity contribution in [3.05, 3.63) is 51.1 Å². The van der Waals surface area contributed by atoms with Crippen LogP contribution >= 0.6 is 0 Å². The Labute approximate surface area is 156 Å². The van der Waals surface area contributed by atoms with Crippen molar-refractivity contribution in [2.45, 2.75) is 44.8 Å². The zero-order valence-corrected chi connectivity index (χ0v) is 14.7. The van der Waals surface area contributed by atoms with Crippen molar-refractivity contribution in [1.29, 1.82) is 10.5 Å². The molecule has 0 radical (unpaired) electrons. The first-order valence-electron chi connectivity index (χ1n) is 8.81. The molecule has 1 heterocycles. The van der Waals surface area contributed by atoms with Gasteiger partial charge < -0.3 is 15.5 Å². The van der Waals surface area contributed by atoms with Crippen LogP contribution in [0.15, 0.2) is 23.0 Å². The number of nitrogen functional groups attached to an aromatic ring is 1. The van der Waals surface area contributed by atoms with Crippen LogP contribution in [-0.4, -0.2) is 11.1 Å². The van der Waals surface area contributed by atoms with Gasteiger partial charge in [-0.2, -0.15) is 10.5 Å². The van der Waals surface area contributed by atoms with E-state index in [4.69, 9.17) is 10.5 Å². The smallest absolute Gasteiger partial charge is 0.268 e. The average molecular weight is 366 g/mol. The summed E-state index contributed by atoms with van der Waals surface area (Å²) in [7, 11) is 0. The molecule has 2 aromatic rings. The van der Waals surface area contributed by atoms with E-state index in [-0.39, 0.29) is 40.8 Å². The van der Waals surface area contributed by atoms with Gasteiger partial charge in [-0.25, -0.2) is 4.39 Å². The van der Waals surface area contributed by atoms with Crippen molar-refractivity contribution < 1.29 is 9.13 Å². The van der Waals surface area contributed by atoms with Gasteiger partial charge in [0, 0.05) is 11.1 Å². The van der Waals surface area contributed by atoms with Gasteiger partial charge in [0.1, 0.15) is 34.9 Å². The Morgan fingerprint density at radius 2 is 1.89 bits per heavy atom. The number of rotatable bonds is 4. The van der Waals surface area contributed by atoms with Gasteiger partial charge in [-0.15, -0.1) is 0 Å². The highest BCUT2D eigenvalue weighted by atomic mass is 19.1. The Bertz CT molecular complexity index is 995. The summed E-state index contributed by atoms with van der Waals surface area (Å²) in [6, 6.07) is 7.96. The lowest BCUT2D eigenvalue weighted by Gasteiger charge is -2.22. The van der Waals surface area contributed by atoms with Gasteiger partial charge in [0.05, 0.1) is 12.7 Å². The van der Waals surface area contributed by atoms with E-state index in [0.29, 0.717) is 5.56 Å². The van der Waals surface area contributed by atoms with Gasteiger partial charge in [-0.3, -0.25) is 4.79 Å². The quantitative estimate of drug-likeness (QED) is 0.861. The lowest BCUT2D eigenvalue weighted by molar-refractivity contribution is 0.0156. The monoisotopic (exact) mass is 366 g/mol. The van der Waals surface area contributed by atoms with Crippen LogP contribution in [-0.2, 0) is 11.3 Å². The van der Waals surface area contributed by atoms with Crippen LogP contribution in [0.4, 0.5) is 10.2 Å². The summed E-state index contributed by atoms with van der Waals surface area (Å²) in [4.78, 5) is 14.2.